The molecule has 0 atom stereocenters. The van der Waals surface area contributed by atoms with E-state index in [0.717, 1.165) is 17.1 Å². The number of nitrogens with zero attached hydrogens (tertiary/aromatic N) is 1. The molecular weight excluding hydrogens is 639 g/mol. The highest BCUT2D eigenvalue weighted by Crippen LogP contribution is 2.41. The van der Waals surface area contributed by atoms with Crippen LogP contribution in [0.2, 0.25) is 0 Å². The van der Waals surface area contributed by atoms with Crippen molar-refractivity contribution < 1.29 is 0 Å². The van der Waals surface area contributed by atoms with E-state index in [2.05, 4.69) is 229 Å². The number of hydrogen-bond donors (Lipinski definition) is 0. The number of rotatable bonds is 8. The highest BCUT2D eigenvalue weighted by Gasteiger charge is 2.16. The van der Waals surface area contributed by atoms with Crippen LogP contribution in [-0.4, -0.2) is 0 Å². The van der Waals surface area contributed by atoms with Crippen molar-refractivity contribution in [1.29, 1.82) is 0 Å². The first kappa shape index (κ1) is 32.0. The summed E-state index contributed by atoms with van der Waals surface area (Å²) < 4.78 is 0. The maximum absolute atomic E-state index is 2.37. The molecule has 0 N–H and O–H groups in total. The second kappa shape index (κ2) is 14.3. The molecule has 0 saturated heterocycles. The van der Waals surface area contributed by atoms with Crippen molar-refractivity contribution in [3.8, 4) is 55.6 Å². The lowest BCUT2D eigenvalue weighted by Gasteiger charge is -2.27. The summed E-state index contributed by atoms with van der Waals surface area (Å²) in [5, 5.41) is 2.52. The van der Waals surface area contributed by atoms with Crippen LogP contribution in [0.5, 0.6) is 0 Å². The molecule has 0 fully saturated rings. The van der Waals surface area contributed by atoms with Gasteiger partial charge in [-0.05, 0) is 109 Å². The topological polar surface area (TPSA) is 3.24 Å². The van der Waals surface area contributed by atoms with Crippen molar-refractivity contribution in [1.82, 2.24) is 0 Å². The van der Waals surface area contributed by atoms with E-state index >= 15 is 0 Å². The first-order valence-electron chi connectivity index (χ1n) is 18.2. The standard InChI is InChI=1S/C52H37N/c1-3-15-38(16-4-1)43-22-12-25-47(36-43)53(48-26-13-24-45(37-48)51-29-10-9-28-49(51)40-17-5-2-6-18-40)46-33-31-39(32-34-46)42-21-11-23-44(35-42)52-30-14-20-41-19-7-8-27-50(41)52/h1-37H. The molecule has 9 rings (SSSR count). The van der Waals surface area contributed by atoms with Gasteiger partial charge in [-0.15, -0.1) is 0 Å². The largest absolute Gasteiger partial charge is 0.310 e. The van der Waals surface area contributed by atoms with Crippen LogP contribution in [0.1, 0.15) is 0 Å². The van der Waals surface area contributed by atoms with E-state index < -0.39 is 0 Å². The molecule has 0 aliphatic rings. The zero-order valence-corrected chi connectivity index (χ0v) is 29.3. The average molecular weight is 676 g/mol. The highest BCUT2D eigenvalue weighted by molar-refractivity contribution is 5.97. The lowest BCUT2D eigenvalue weighted by atomic mass is 9.94. The Hall–Kier alpha value is -6.96. The lowest BCUT2D eigenvalue weighted by Crippen LogP contribution is -2.10. The van der Waals surface area contributed by atoms with Gasteiger partial charge in [-0.25, -0.2) is 0 Å². The van der Waals surface area contributed by atoms with Gasteiger partial charge in [-0.1, -0.05) is 182 Å². The molecule has 0 aliphatic heterocycles. The molecule has 9 aromatic rings. The monoisotopic (exact) mass is 675 g/mol. The molecule has 0 amide bonds. The molecule has 0 unspecified atom stereocenters. The van der Waals surface area contributed by atoms with Gasteiger partial charge in [0.25, 0.3) is 0 Å². The number of anilines is 3. The van der Waals surface area contributed by atoms with Crippen LogP contribution in [-0.2, 0) is 0 Å². The van der Waals surface area contributed by atoms with Gasteiger partial charge in [0.1, 0.15) is 0 Å². The third kappa shape index (κ3) is 6.53. The van der Waals surface area contributed by atoms with Crippen molar-refractivity contribution >= 4 is 27.8 Å². The van der Waals surface area contributed by atoms with Crippen LogP contribution in [0.4, 0.5) is 17.1 Å². The maximum Gasteiger partial charge on any atom is 0.0467 e. The smallest absolute Gasteiger partial charge is 0.0467 e. The fourth-order valence-corrected chi connectivity index (χ4v) is 7.47. The van der Waals surface area contributed by atoms with E-state index in [1.54, 1.807) is 0 Å². The fourth-order valence-electron chi connectivity index (χ4n) is 7.47. The summed E-state index contributed by atoms with van der Waals surface area (Å²) >= 11 is 0. The van der Waals surface area contributed by atoms with Crippen molar-refractivity contribution in [2.24, 2.45) is 0 Å². The minimum atomic E-state index is 1.10. The van der Waals surface area contributed by atoms with Crippen LogP contribution in [0.3, 0.4) is 0 Å². The summed E-state index contributed by atoms with van der Waals surface area (Å²) in [6, 6.07) is 80.8. The molecule has 0 aromatic heterocycles. The average Bonchev–Trinajstić information content (AvgIpc) is 3.25. The van der Waals surface area contributed by atoms with E-state index in [-0.39, 0.29) is 0 Å². The summed E-state index contributed by atoms with van der Waals surface area (Å²) in [5.41, 5.74) is 15.3. The molecule has 1 nitrogen and oxygen atoms in total. The second-order valence-electron chi connectivity index (χ2n) is 13.4. The van der Waals surface area contributed by atoms with Gasteiger partial charge in [0.15, 0.2) is 0 Å². The Balaban J connectivity index is 1.13. The van der Waals surface area contributed by atoms with Crippen LogP contribution in [0.15, 0.2) is 224 Å². The Morgan fingerprint density at radius 2 is 0.660 bits per heavy atom. The molecule has 0 bridgehead atoms. The summed E-state index contributed by atoms with van der Waals surface area (Å²) in [6.07, 6.45) is 0. The lowest BCUT2D eigenvalue weighted by molar-refractivity contribution is 1.28. The Kier molecular flexibility index (Phi) is 8.66. The van der Waals surface area contributed by atoms with Gasteiger partial charge in [-0.3, -0.25) is 0 Å². The normalized spacial score (nSPS) is 11.0. The van der Waals surface area contributed by atoms with E-state index in [1.165, 1.54) is 66.4 Å². The quantitative estimate of drug-likeness (QED) is 0.155. The molecule has 0 saturated carbocycles. The minimum Gasteiger partial charge on any atom is -0.310 e. The SMILES string of the molecule is c1ccc(-c2cccc(N(c3ccc(-c4cccc(-c5cccc6ccccc56)c4)cc3)c3cccc(-c4ccccc4-c4ccccc4)c3)c2)cc1. The predicted octanol–water partition coefficient (Wildman–Crippen LogP) is 14.6. The maximum atomic E-state index is 2.37. The molecule has 250 valence electrons. The van der Waals surface area contributed by atoms with E-state index in [1.807, 2.05) is 0 Å². The molecule has 0 spiro atoms. The first-order valence-corrected chi connectivity index (χ1v) is 18.2. The Morgan fingerprint density at radius 1 is 0.226 bits per heavy atom. The number of fused-ring (bicyclic) bond motifs is 1. The Morgan fingerprint density at radius 3 is 1.38 bits per heavy atom. The number of benzene rings is 9. The van der Waals surface area contributed by atoms with Crippen molar-refractivity contribution in [2.45, 2.75) is 0 Å². The van der Waals surface area contributed by atoms with Crippen molar-refractivity contribution in [2.75, 3.05) is 4.90 Å². The Bertz CT molecular complexity index is 2650. The third-order valence-corrected chi connectivity index (χ3v) is 10.1. The predicted molar refractivity (Wildman–Crippen MR) is 226 cm³/mol. The van der Waals surface area contributed by atoms with Gasteiger partial charge < -0.3 is 4.90 Å². The van der Waals surface area contributed by atoms with Gasteiger partial charge in [0, 0.05) is 17.1 Å². The molecule has 0 heterocycles. The van der Waals surface area contributed by atoms with E-state index in [0.29, 0.717) is 0 Å². The summed E-state index contributed by atoms with van der Waals surface area (Å²) in [6.45, 7) is 0. The van der Waals surface area contributed by atoms with Gasteiger partial charge in [-0.2, -0.15) is 0 Å². The van der Waals surface area contributed by atoms with Crippen LogP contribution < -0.4 is 4.90 Å². The molecular formula is C52H37N. The van der Waals surface area contributed by atoms with Crippen LogP contribution in [0, 0.1) is 0 Å². The third-order valence-electron chi connectivity index (χ3n) is 10.1. The van der Waals surface area contributed by atoms with Crippen molar-refractivity contribution in [3.63, 3.8) is 0 Å². The van der Waals surface area contributed by atoms with Gasteiger partial charge >= 0.3 is 0 Å². The zero-order valence-electron chi connectivity index (χ0n) is 29.3. The molecule has 9 aromatic carbocycles. The molecule has 1 heteroatoms. The van der Waals surface area contributed by atoms with Crippen molar-refractivity contribution in [3.05, 3.63) is 224 Å². The molecule has 0 radical (unpaired) electrons. The number of hydrogen-bond acceptors (Lipinski definition) is 1. The summed E-state index contributed by atoms with van der Waals surface area (Å²) in [4.78, 5) is 2.37. The van der Waals surface area contributed by atoms with Crippen LogP contribution >= 0.6 is 0 Å². The summed E-state index contributed by atoms with van der Waals surface area (Å²) in [7, 11) is 0. The minimum absolute atomic E-state index is 1.10. The van der Waals surface area contributed by atoms with Crippen LogP contribution in [0.25, 0.3) is 66.4 Å². The van der Waals surface area contributed by atoms with Gasteiger partial charge in [0.2, 0.25) is 0 Å². The highest BCUT2D eigenvalue weighted by atomic mass is 15.1. The van der Waals surface area contributed by atoms with E-state index in [4.69, 9.17) is 0 Å². The Labute approximate surface area is 311 Å². The fraction of sp³-hybridized carbons (Fsp3) is 0. The first-order chi connectivity index (χ1) is 26.3. The van der Waals surface area contributed by atoms with E-state index in [9.17, 15) is 0 Å². The van der Waals surface area contributed by atoms with Gasteiger partial charge in [0.05, 0.1) is 0 Å². The molecule has 0 aliphatic carbocycles. The molecule has 53 heavy (non-hydrogen) atoms. The second-order valence-corrected chi connectivity index (χ2v) is 13.4. The zero-order chi connectivity index (χ0) is 35.4. The summed E-state index contributed by atoms with van der Waals surface area (Å²) in [5.74, 6) is 0.